The second-order valence-electron chi connectivity index (χ2n) is 9.32. The van der Waals surface area contributed by atoms with Crippen molar-refractivity contribution >= 4 is 17.3 Å². The summed E-state index contributed by atoms with van der Waals surface area (Å²) in [7, 11) is 0. The Hall–Kier alpha value is -3.58. The van der Waals surface area contributed by atoms with E-state index in [0.29, 0.717) is 18.9 Å². The largest absolute Gasteiger partial charge is 0.493 e. The Kier molecular flexibility index (Phi) is 8.10. The van der Waals surface area contributed by atoms with Crippen LogP contribution in [0.25, 0.3) is 21.7 Å². The number of rotatable bonds is 10. The molecule has 0 bridgehead atoms. The van der Waals surface area contributed by atoms with Crippen LogP contribution in [0.3, 0.4) is 0 Å². The third-order valence-corrected chi connectivity index (χ3v) is 7.48. The third-order valence-electron chi connectivity index (χ3n) is 6.12. The van der Waals surface area contributed by atoms with Crippen LogP contribution in [0.2, 0.25) is 0 Å². The molecule has 0 saturated carbocycles. The van der Waals surface area contributed by atoms with Crippen LogP contribution in [0.15, 0.2) is 61.2 Å². The van der Waals surface area contributed by atoms with Crippen molar-refractivity contribution in [2.45, 2.75) is 52.4 Å². The molecular weight excluding hydrogens is 470 g/mol. The number of aliphatic carboxylic acids is 1. The monoisotopic (exact) mass is 501 g/mol. The van der Waals surface area contributed by atoms with Crippen molar-refractivity contribution in [2.24, 2.45) is 0 Å². The first-order chi connectivity index (χ1) is 17.3. The lowest BCUT2D eigenvalue weighted by Crippen LogP contribution is -2.08. The number of hydrogen-bond donors (Lipinski definition) is 1. The summed E-state index contributed by atoms with van der Waals surface area (Å²) in [6, 6.07) is 14.3. The van der Waals surface area contributed by atoms with E-state index in [9.17, 15) is 4.79 Å². The molecule has 0 aliphatic rings. The molecule has 36 heavy (non-hydrogen) atoms. The Labute approximate surface area is 216 Å². The molecule has 0 saturated heterocycles. The molecule has 0 spiro atoms. The van der Waals surface area contributed by atoms with Gasteiger partial charge in [-0.15, -0.1) is 11.3 Å². The van der Waals surface area contributed by atoms with E-state index >= 15 is 0 Å². The molecule has 186 valence electrons. The van der Waals surface area contributed by atoms with Crippen molar-refractivity contribution in [1.29, 1.82) is 0 Å². The van der Waals surface area contributed by atoms with Crippen LogP contribution in [0.5, 0.6) is 5.75 Å². The van der Waals surface area contributed by atoms with Crippen LogP contribution >= 0.6 is 11.3 Å². The molecule has 0 aliphatic carbocycles. The van der Waals surface area contributed by atoms with E-state index in [1.165, 1.54) is 11.2 Å². The van der Waals surface area contributed by atoms with Crippen LogP contribution in [0.4, 0.5) is 0 Å². The Bertz CT molecular complexity index is 1320. The van der Waals surface area contributed by atoms with E-state index in [4.69, 9.17) is 14.8 Å². The van der Waals surface area contributed by atoms with E-state index in [1.807, 2.05) is 37.5 Å². The fraction of sp³-hybridized carbons (Fsp3) is 0.310. The zero-order valence-electron chi connectivity index (χ0n) is 21.1. The number of hydrogen-bond acceptors (Lipinski definition) is 6. The van der Waals surface area contributed by atoms with E-state index in [2.05, 4.69) is 55.0 Å². The first kappa shape index (κ1) is 25.5. The van der Waals surface area contributed by atoms with Crippen LogP contribution in [-0.4, -0.2) is 32.6 Å². The molecule has 2 aromatic carbocycles. The van der Waals surface area contributed by atoms with Gasteiger partial charge in [-0.25, -0.2) is 15.0 Å². The Morgan fingerprint density at radius 2 is 1.69 bits per heavy atom. The SMILES string of the molecule is Cc1cc(OCC(C)c2sc(-c3ccc(-c4cncnc4)cc3)nc2C(C)C)ccc1CCC(=O)O. The Morgan fingerprint density at radius 1 is 1.00 bits per heavy atom. The van der Waals surface area contributed by atoms with Crippen molar-refractivity contribution in [3.63, 3.8) is 0 Å². The number of carbonyl (C=O) groups is 1. The highest BCUT2D eigenvalue weighted by molar-refractivity contribution is 7.15. The predicted octanol–water partition coefficient (Wildman–Crippen LogP) is 6.90. The van der Waals surface area contributed by atoms with Gasteiger partial charge in [0.05, 0.1) is 12.3 Å². The van der Waals surface area contributed by atoms with Crippen LogP contribution in [0.1, 0.15) is 60.7 Å². The normalized spacial score (nSPS) is 12.0. The summed E-state index contributed by atoms with van der Waals surface area (Å²) in [6.07, 6.45) is 5.82. The van der Waals surface area contributed by atoms with Gasteiger partial charge < -0.3 is 9.84 Å². The number of carboxylic acid groups (broad SMARTS) is 1. The molecule has 1 N–H and O–H groups in total. The zero-order chi connectivity index (χ0) is 25.7. The molecule has 0 aliphatic heterocycles. The smallest absolute Gasteiger partial charge is 0.303 e. The molecule has 7 heteroatoms. The predicted molar refractivity (Wildman–Crippen MR) is 144 cm³/mol. The van der Waals surface area contributed by atoms with Gasteiger partial charge in [-0.2, -0.15) is 0 Å². The summed E-state index contributed by atoms with van der Waals surface area (Å²) in [5.74, 6) is 0.509. The first-order valence-corrected chi connectivity index (χ1v) is 12.9. The number of benzene rings is 2. The maximum atomic E-state index is 10.9. The maximum Gasteiger partial charge on any atom is 0.303 e. The van der Waals surface area contributed by atoms with Gasteiger partial charge in [0, 0.05) is 40.7 Å². The number of aryl methyl sites for hydroxylation is 2. The van der Waals surface area contributed by atoms with Gasteiger partial charge in [0.15, 0.2) is 0 Å². The topological polar surface area (TPSA) is 85.2 Å². The van der Waals surface area contributed by atoms with Gasteiger partial charge in [-0.3, -0.25) is 4.79 Å². The lowest BCUT2D eigenvalue weighted by molar-refractivity contribution is -0.136. The van der Waals surface area contributed by atoms with Gasteiger partial charge in [0.1, 0.15) is 17.1 Å². The molecule has 0 radical (unpaired) electrons. The minimum Gasteiger partial charge on any atom is -0.493 e. The average molecular weight is 502 g/mol. The van der Waals surface area contributed by atoms with Crippen LogP contribution in [0, 0.1) is 6.92 Å². The van der Waals surface area contributed by atoms with E-state index in [-0.39, 0.29) is 12.3 Å². The van der Waals surface area contributed by atoms with E-state index < -0.39 is 5.97 Å². The van der Waals surface area contributed by atoms with Crippen molar-refractivity contribution in [1.82, 2.24) is 15.0 Å². The fourth-order valence-electron chi connectivity index (χ4n) is 4.06. The quantitative estimate of drug-likeness (QED) is 0.254. The molecular formula is C29H31N3O3S. The summed E-state index contributed by atoms with van der Waals surface area (Å²) in [4.78, 5) is 25.3. The molecule has 1 unspecified atom stereocenters. The summed E-state index contributed by atoms with van der Waals surface area (Å²) in [5, 5.41) is 9.95. The lowest BCUT2D eigenvalue weighted by atomic mass is 10.0. The number of aromatic nitrogens is 3. The molecule has 2 heterocycles. The number of carboxylic acids is 1. The second kappa shape index (κ2) is 11.4. The molecule has 2 aromatic heterocycles. The molecule has 6 nitrogen and oxygen atoms in total. The molecule has 0 amide bonds. The van der Waals surface area contributed by atoms with Crippen LogP contribution < -0.4 is 4.74 Å². The standard InChI is InChI=1S/C29H31N3O3S/c1-18(2)27-28(20(4)16-35-25-11-9-21(19(3)13-25)10-12-26(33)34)36-29(32-27)23-7-5-22(6-8-23)24-14-30-17-31-15-24/h5-9,11,13-15,17-18,20H,10,12,16H2,1-4H3,(H,33,34). The average Bonchev–Trinajstić information content (AvgIpc) is 3.33. The van der Waals surface area contributed by atoms with Crippen molar-refractivity contribution in [3.8, 4) is 27.4 Å². The van der Waals surface area contributed by atoms with Gasteiger partial charge in [0.2, 0.25) is 0 Å². The van der Waals surface area contributed by atoms with Gasteiger partial charge in [0.25, 0.3) is 0 Å². The highest BCUT2D eigenvalue weighted by Crippen LogP contribution is 2.37. The highest BCUT2D eigenvalue weighted by Gasteiger charge is 2.21. The Morgan fingerprint density at radius 3 is 2.33 bits per heavy atom. The van der Waals surface area contributed by atoms with Gasteiger partial charge >= 0.3 is 5.97 Å². The molecule has 4 aromatic rings. The maximum absolute atomic E-state index is 10.9. The minimum absolute atomic E-state index is 0.132. The number of thiazole rings is 1. The zero-order valence-corrected chi connectivity index (χ0v) is 21.9. The summed E-state index contributed by atoms with van der Waals surface area (Å²) < 4.78 is 6.15. The Balaban J connectivity index is 1.48. The van der Waals surface area contributed by atoms with E-state index in [0.717, 1.165) is 44.3 Å². The van der Waals surface area contributed by atoms with Crippen molar-refractivity contribution in [3.05, 3.63) is 82.9 Å². The van der Waals surface area contributed by atoms with E-state index in [1.54, 1.807) is 11.3 Å². The first-order valence-electron chi connectivity index (χ1n) is 12.1. The van der Waals surface area contributed by atoms with Gasteiger partial charge in [-0.1, -0.05) is 51.1 Å². The highest BCUT2D eigenvalue weighted by atomic mass is 32.1. The summed E-state index contributed by atoms with van der Waals surface area (Å²) in [6.45, 7) is 9.06. The number of nitrogens with zero attached hydrogens (tertiary/aromatic N) is 3. The second-order valence-corrected chi connectivity index (χ2v) is 10.4. The molecule has 4 rings (SSSR count). The van der Waals surface area contributed by atoms with Crippen molar-refractivity contribution < 1.29 is 14.6 Å². The molecule has 0 fully saturated rings. The minimum atomic E-state index is -0.782. The van der Waals surface area contributed by atoms with Gasteiger partial charge in [-0.05, 0) is 48.1 Å². The summed E-state index contributed by atoms with van der Waals surface area (Å²) >= 11 is 1.73. The summed E-state index contributed by atoms with van der Waals surface area (Å²) in [5.41, 5.74) is 6.36. The number of ether oxygens (including phenoxy) is 1. The van der Waals surface area contributed by atoms with Crippen molar-refractivity contribution in [2.75, 3.05) is 6.61 Å². The lowest BCUT2D eigenvalue weighted by Gasteiger charge is -2.15. The third kappa shape index (κ3) is 6.15. The molecule has 1 atom stereocenters. The van der Waals surface area contributed by atoms with Crippen LogP contribution in [-0.2, 0) is 11.2 Å². The fourth-order valence-corrected chi connectivity index (χ4v) is 5.33.